The van der Waals surface area contributed by atoms with E-state index in [0.29, 0.717) is 18.1 Å². The summed E-state index contributed by atoms with van der Waals surface area (Å²) in [4.78, 5) is 12.9. The highest BCUT2D eigenvalue weighted by Crippen LogP contribution is 2.17. The first-order valence-corrected chi connectivity index (χ1v) is 5.37. The van der Waals surface area contributed by atoms with Gasteiger partial charge in [-0.3, -0.25) is 0 Å². The summed E-state index contributed by atoms with van der Waals surface area (Å²) in [6.07, 6.45) is -0.800. The molecule has 4 nitrogen and oxygen atoms in total. The van der Waals surface area contributed by atoms with Crippen molar-refractivity contribution in [3.05, 3.63) is 34.9 Å². The SMILES string of the molecule is O=C1O[C@@H](CO)CN1Cc1cccc(Cl)c1. The summed E-state index contributed by atoms with van der Waals surface area (Å²) in [6, 6.07) is 7.32. The Kier molecular flexibility index (Phi) is 3.31. The minimum atomic E-state index is -0.410. The van der Waals surface area contributed by atoms with Gasteiger partial charge in [0.15, 0.2) is 0 Å². The maximum Gasteiger partial charge on any atom is 0.410 e. The summed E-state index contributed by atoms with van der Waals surface area (Å²) in [6.45, 7) is 0.732. The predicted octanol–water partition coefficient (Wildman–Crippen LogP) is 1.65. The van der Waals surface area contributed by atoms with E-state index in [1.807, 2.05) is 12.1 Å². The van der Waals surface area contributed by atoms with Gasteiger partial charge in [0.25, 0.3) is 0 Å². The molecule has 2 rings (SSSR count). The Labute approximate surface area is 98.4 Å². The van der Waals surface area contributed by atoms with Gasteiger partial charge in [0.05, 0.1) is 13.2 Å². The summed E-state index contributed by atoms with van der Waals surface area (Å²) >= 11 is 5.85. The highest BCUT2D eigenvalue weighted by atomic mass is 35.5. The molecular weight excluding hydrogens is 230 g/mol. The van der Waals surface area contributed by atoms with Crippen LogP contribution in [0.15, 0.2) is 24.3 Å². The molecule has 16 heavy (non-hydrogen) atoms. The fourth-order valence-corrected chi connectivity index (χ4v) is 1.87. The number of carbonyl (C=O) groups is 1. The third-order valence-corrected chi connectivity index (χ3v) is 2.65. The van der Waals surface area contributed by atoms with Crippen LogP contribution >= 0.6 is 11.6 Å². The molecule has 86 valence electrons. The number of amides is 1. The molecule has 1 saturated heterocycles. The lowest BCUT2D eigenvalue weighted by atomic mass is 10.2. The molecule has 0 saturated carbocycles. The van der Waals surface area contributed by atoms with E-state index < -0.39 is 6.10 Å². The number of nitrogens with zero attached hydrogens (tertiary/aromatic N) is 1. The Balaban J connectivity index is 2.03. The normalized spacial score (nSPS) is 20.0. The predicted molar refractivity (Wildman–Crippen MR) is 59.2 cm³/mol. The van der Waals surface area contributed by atoms with Crippen molar-refractivity contribution >= 4 is 17.7 Å². The number of cyclic esters (lactones) is 1. The van der Waals surface area contributed by atoms with Crippen LogP contribution in [0.25, 0.3) is 0 Å². The van der Waals surface area contributed by atoms with Crippen molar-refractivity contribution < 1.29 is 14.6 Å². The Morgan fingerprint density at radius 2 is 2.38 bits per heavy atom. The van der Waals surface area contributed by atoms with Gasteiger partial charge in [0.2, 0.25) is 0 Å². The molecule has 1 atom stereocenters. The van der Waals surface area contributed by atoms with Gasteiger partial charge in [-0.05, 0) is 17.7 Å². The van der Waals surface area contributed by atoms with Crippen molar-refractivity contribution in [2.75, 3.05) is 13.2 Å². The Morgan fingerprint density at radius 3 is 3.00 bits per heavy atom. The number of aliphatic hydroxyl groups excluding tert-OH is 1. The van der Waals surface area contributed by atoms with Crippen LogP contribution in [-0.2, 0) is 11.3 Å². The van der Waals surface area contributed by atoms with Gasteiger partial charge in [-0.25, -0.2) is 4.79 Å². The van der Waals surface area contributed by atoms with Gasteiger partial charge >= 0.3 is 6.09 Å². The fourth-order valence-electron chi connectivity index (χ4n) is 1.65. The van der Waals surface area contributed by atoms with Gasteiger partial charge in [0, 0.05) is 11.6 Å². The molecule has 1 aromatic carbocycles. The lowest BCUT2D eigenvalue weighted by molar-refractivity contribution is 0.0947. The van der Waals surface area contributed by atoms with Gasteiger partial charge in [-0.2, -0.15) is 0 Å². The van der Waals surface area contributed by atoms with Crippen LogP contribution in [0.4, 0.5) is 4.79 Å². The van der Waals surface area contributed by atoms with E-state index in [2.05, 4.69) is 0 Å². The van der Waals surface area contributed by atoms with E-state index in [1.54, 1.807) is 17.0 Å². The van der Waals surface area contributed by atoms with Crippen LogP contribution in [0.1, 0.15) is 5.56 Å². The first-order valence-electron chi connectivity index (χ1n) is 5.00. The highest BCUT2D eigenvalue weighted by Gasteiger charge is 2.30. The molecule has 0 aliphatic carbocycles. The van der Waals surface area contributed by atoms with Gasteiger partial charge < -0.3 is 14.7 Å². The first-order chi connectivity index (χ1) is 7.69. The number of aliphatic hydroxyl groups is 1. The summed E-state index contributed by atoms with van der Waals surface area (Å²) in [5.41, 5.74) is 0.947. The number of rotatable bonds is 3. The molecule has 0 unspecified atom stereocenters. The van der Waals surface area contributed by atoms with Gasteiger partial charge in [0.1, 0.15) is 6.10 Å². The van der Waals surface area contributed by atoms with Crippen LogP contribution in [0.2, 0.25) is 5.02 Å². The smallest absolute Gasteiger partial charge is 0.410 e. The number of halogens is 1. The maximum atomic E-state index is 11.4. The largest absolute Gasteiger partial charge is 0.442 e. The Hall–Kier alpha value is -1.26. The van der Waals surface area contributed by atoms with Gasteiger partial charge in [-0.15, -0.1) is 0 Å². The van der Waals surface area contributed by atoms with Crippen molar-refractivity contribution in [2.24, 2.45) is 0 Å². The maximum absolute atomic E-state index is 11.4. The monoisotopic (exact) mass is 241 g/mol. The first kappa shape index (κ1) is 11.2. The Bertz CT molecular complexity index is 397. The van der Waals surface area contributed by atoms with Crippen molar-refractivity contribution in [3.8, 4) is 0 Å². The fraction of sp³-hybridized carbons (Fsp3) is 0.364. The second-order valence-electron chi connectivity index (χ2n) is 3.70. The van der Waals surface area contributed by atoms with E-state index in [1.165, 1.54) is 0 Å². The third-order valence-electron chi connectivity index (χ3n) is 2.42. The molecular formula is C11H12ClNO3. The standard InChI is InChI=1S/C11H12ClNO3/c12-9-3-1-2-8(4-9)5-13-6-10(7-14)16-11(13)15/h1-4,10,14H,5-7H2/t10-/m1/s1. The highest BCUT2D eigenvalue weighted by molar-refractivity contribution is 6.30. The second kappa shape index (κ2) is 4.72. The lowest BCUT2D eigenvalue weighted by Crippen LogP contribution is -2.25. The number of ether oxygens (including phenoxy) is 1. The zero-order valence-corrected chi connectivity index (χ0v) is 9.35. The molecule has 5 heteroatoms. The molecule has 0 spiro atoms. The van der Waals surface area contributed by atoms with E-state index in [9.17, 15) is 4.79 Å². The van der Waals surface area contributed by atoms with Crippen LogP contribution in [0.3, 0.4) is 0 Å². The number of carbonyl (C=O) groups excluding carboxylic acids is 1. The average molecular weight is 242 g/mol. The zero-order valence-electron chi connectivity index (χ0n) is 8.60. The van der Waals surface area contributed by atoms with Crippen LogP contribution in [0, 0.1) is 0 Å². The van der Waals surface area contributed by atoms with Crippen molar-refractivity contribution in [2.45, 2.75) is 12.6 Å². The molecule has 1 aliphatic heterocycles. The molecule has 1 N–H and O–H groups in total. The zero-order chi connectivity index (χ0) is 11.5. The summed E-state index contributed by atoms with van der Waals surface area (Å²) in [5.74, 6) is 0. The van der Waals surface area contributed by atoms with Crippen molar-refractivity contribution in [1.82, 2.24) is 4.90 Å². The van der Waals surface area contributed by atoms with E-state index in [-0.39, 0.29) is 12.7 Å². The molecule has 0 aromatic heterocycles. The molecule has 0 bridgehead atoms. The third kappa shape index (κ3) is 2.46. The topological polar surface area (TPSA) is 49.8 Å². The number of hydrogen-bond donors (Lipinski definition) is 1. The molecule has 1 heterocycles. The molecule has 1 fully saturated rings. The molecule has 1 aliphatic rings. The number of benzene rings is 1. The average Bonchev–Trinajstić information content (AvgIpc) is 2.60. The molecule has 0 radical (unpaired) electrons. The van der Waals surface area contributed by atoms with E-state index >= 15 is 0 Å². The summed E-state index contributed by atoms with van der Waals surface area (Å²) in [5, 5.41) is 9.53. The van der Waals surface area contributed by atoms with E-state index in [0.717, 1.165) is 5.56 Å². The second-order valence-corrected chi connectivity index (χ2v) is 4.14. The van der Waals surface area contributed by atoms with Crippen molar-refractivity contribution in [1.29, 1.82) is 0 Å². The van der Waals surface area contributed by atoms with E-state index in [4.69, 9.17) is 21.4 Å². The quantitative estimate of drug-likeness (QED) is 0.876. The minimum Gasteiger partial charge on any atom is -0.442 e. The van der Waals surface area contributed by atoms with Crippen molar-refractivity contribution in [3.63, 3.8) is 0 Å². The van der Waals surface area contributed by atoms with Crippen LogP contribution in [0.5, 0.6) is 0 Å². The minimum absolute atomic E-state index is 0.141. The molecule has 1 amide bonds. The Morgan fingerprint density at radius 1 is 1.56 bits per heavy atom. The summed E-state index contributed by atoms with van der Waals surface area (Å²) < 4.78 is 4.93. The van der Waals surface area contributed by atoms with Crippen LogP contribution < -0.4 is 0 Å². The molecule has 1 aromatic rings. The number of hydrogen-bond acceptors (Lipinski definition) is 3. The van der Waals surface area contributed by atoms with Gasteiger partial charge in [-0.1, -0.05) is 23.7 Å². The lowest BCUT2D eigenvalue weighted by Gasteiger charge is -2.12. The van der Waals surface area contributed by atoms with Crippen LogP contribution in [-0.4, -0.2) is 35.4 Å². The summed E-state index contributed by atoms with van der Waals surface area (Å²) in [7, 11) is 0.